The van der Waals surface area contributed by atoms with Crippen molar-refractivity contribution in [2.24, 2.45) is 0 Å². The molecule has 0 radical (unpaired) electrons. The highest BCUT2D eigenvalue weighted by Gasteiger charge is 2.10. The smallest absolute Gasteiger partial charge is 0.0408 e. The molecule has 2 rings (SSSR count). The van der Waals surface area contributed by atoms with Gasteiger partial charge in [0.05, 0.1) is 0 Å². The highest BCUT2D eigenvalue weighted by atomic mass is 35.5. The van der Waals surface area contributed by atoms with E-state index in [0.717, 1.165) is 16.3 Å². The Morgan fingerprint density at radius 3 is 2.00 bits per heavy atom. The zero-order valence-electron chi connectivity index (χ0n) is 12.0. The first-order valence-corrected chi connectivity index (χ1v) is 7.93. The quantitative estimate of drug-likeness (QED) is 0.614. The molecular weight excluding hydrogens is 284 g/mol. The third-order valence-corrected chi connectivity index (χ3v) is 4.40. The molecule has 0 N–H and O–H groups in total. The van der Waals surface area contributed by atoms with E-state index in [-0.39, 0.29) is 0 Å². The van der Waals surface area contributed by atoms with Crippen LogP contribution in [0.5, 0.6) is 0 Å². The molecule has 0 aliphatic carbocycles. The molecule has 0 aromatic heterocycles. The van der Waals surface area contributed by atoms with Crippen molar-refractivity contribution in [2.45, 2.75) is 43.4 Å². The number of benzene rings is 2. The van der Waals surface area contributed by atoms with Crippen molar-refractivity contribution < 1.29 is 0 Å². The molecule has 0 spiro atoms. The minimum Gasteiger partial charge on any atom is -0.143 e. The van der Waals surface area contributed by atoms with Gasteiger partial charge in [0.25, 0.3) is 0 Å². The lowest BCUT2D eigenvalue weighted by atomic mass is 9.89. The average molecular weight is 305 g/mol. The molecule has 0 aliphatic heterocycles. The molecule has 0 saturated carbocycles. The lowest BCUT2D eigenvalue weighted by molar-refractivity contribution is 0.573. The van der Waals surface area contributed by atoms with E-state index < -0.39 is 0 Å². The fourth-order valence-electron chi connectivity index (χ4n) is 2.48. The van der Waals surface area contributed by atoms with Crippen molar-refractivity contribution >= 4 is 24.2 Å². The number of halogens is 1. The van der Waals surface area contributed by atoms with Gasteiger partial charge >= 0.3 is 0 Å². The van der Waals surface area contributed by atoms with Crippen LogP contribution in [0, 0.1) is 0 Å². The van der Waals surface area contributed by atoms with Gasteiger partial charge in [0.15, 0.2) is 0 Å². The fourth-order valence-corrected chi connectivity index (χ4v) is 2.91. The molecule has 0 saturated heterocycles. The van der Waals surface area contributed by atoms with Crippen LogP contribution >= 0.6 is 24.2 Å². The number of hydrogen-bond acceptors (Lipinski definition) is 1. The van der Waals surface area contributed by atoms with E-state index in [1.807, 2.05) is 18.2 Å². The van der Waals surface area contributed by atoms with Gasteiger partial charge in [0.2, 0.25) is 0 Å². The van der Waals surface area contributed by atoms with Gasteiger partial charge in [-0.3, -0.25) is 0 Å². The summed E-state index contributed by atoms with van der Waals surface area (Å²) in [5.41, 5.74) is 2.70. The molecule has 2 aromatic carbocycles. The van der Waals surface area contributed by atoms with Crippen molar-refractivity contribution in [1.29, 1.82) is 0 Å². The Balaban J connectivity index is 1.94. The third-order valence-electron chi connectivity index (χ3n) is 3.89. The Morgan fingerprint density at radius 2 is 1.45 bits per heavy atom. The van der Waals surface area contributed by atoms with E-state index in [0.29, 0.717) is 11.8 Å². The molecule has 2 unspecified atom stereocenters. The minimum atomic E-state index is 0.537. The van der Waals surface area contributed by atoms with Gasteiger partial charge in [-0.2, -0.15) is 0 Å². The van der Waals surface area contributed by atoms with Crippen LogP contribution in [0.2, 0.25) is 5.02 Å². The van der Waals surface area contributed by atoms with Gasteiger partial charge in [-0.15, -0.1) is 12.6 Å². The average Bonchev–Trinajstić information content (AvgIpc) is 2.44. The maximum absolute atomic E-state index is 6.06. The van der Waals surface area contributed by atoms with E-state index in [1.54, 1.807) is 0 Å². The number of rotatable bonds is 5. The van der Waals surface area contributed by atoms with E-state index in [2.05, 4.69) is 56.8 Å². The van der Waals surface area contributed by atoms with Crippen LogP contribution in [0.4, 0.5) is 0 Å². The summed E-state index contributed by atoms with van der Waals surface area (Å²) in [5.74, 6) is 1.10. The summed E-state index contributed by atoms with van der Waals surface area (Å²) in [6.45, 7) is 4.56. The summed E-state index contributed by atoms with van der Waals surface area (Å²) < 4.78 is 0. The van der Waals surface area contributed by atoms with E-state index in [9.17, 15) is 0 Å². The van der Waals surface area contributed by atoms with Crippen LogP contribution < -0.4 is 0 Å². The topological polar surface area (TPSA) is 0 Å². The molecule has 2 aromatic rings. The molecule has 0 bridgehead atoms. The van der Waals surface area contributed by atoms with Crippen LogP contribution in [0.15, 0.2) is 53.4 Å². The Bertz CT molecular complexity index is 513. The predicted molar refractivity (Wildman–Crippen MR) is 91.2 cm³/mol. The minimum absolute atomic E-state index is 0.537. The summed E-state index contributed by atoms with van der Waals surface area (Å²) in [5, 5.41) is 0.824. The Morgan fingerprint density at radius 1 is 0.900 bits per heavy atom. The molecule has 0 heterocycles. The second kappa shape index (κ2) is 7.19. The van der Waals surface area contributed by atoms with Gasteiger partial charge in [-0.1, -0.05) is 49.7 Å². The van der Waals surface area contributed by atoms with Crippen molar-refractivity contribution in [3.8, 4) is 0 Å². The van der Waals surface area contributed by atoms with Gasteiger partial charge < -0.3 is 0 Å². The zero-order valence-corrected chi connectivity index (χ0v) is 13.7. The lowest BCUT2D eigenvalue weighted by Crippen LogP contribution is -1.99. The predicted octanol–water partition coefficient (Wildman–Crippen LogP) is 6.32. The largest absolute Gasteiger partial charge is 0.143 e. The van der Waals surface area contributed by atoms with Crippen molar-refractivity contribution in [3.63, 3.8) is 0 Å². The Kier molecular flexibility index (Phi) is 5.56. The van der Waals surface area contributed by atoms with Crippen molar-refractivity contribution in [2.75, 3.05) is 0 Å². The standard InChI is InChI=1S/C18H21ClS/c1-13(15-5-3-7-17(19)11-15)9-10-14(2)16-6-4-8-18(20)12-16/h3-8,11-14,20H,9-10H2,1-2H3. The van der Waals surface area contributed by atoms with Gasteiger partial charge in [-0.05, 0) is 60.1 Å². The SMILES string of the molecule is CC(CCC(C)c1cccc(Cl)c1)c1cccc(S)c1. The Labute approximate surface area is 132 Å². The number of thiol groups is 1. The zero-order chi connectivity index (χ0) is 14.5. The lowest BCUT2D eigenvalue weighted by Gasteiger charge is -2.17. The second-order valence-electron chi connectivity index (χ2n) is 5.53. The van der Waals surface area contributed by atoms with E-state index in [1.165, 1.54) is 17.5 Å². The summed E-state index contributed by atoms with van der Waals surface area (Å²) in [6, 6.07) is 16.6. The normalized spacial score (nSPS) is 14.0. The summed E-state index contributed by atoms with van der Waals surface area (Å²) >= 11 is 10.5. The van der Waals surface area contributed by atoms with E-state index in [4.69, 9.17) is 11.6 Å². The highest BCUT2D eigenvalue weighted by Crippen LogP contribution is 2.29. The van der Waals surface area contributed by atoms with Gasteiger partial charge in [0.1, 0.15) is 0 Å². The summed E-state index contributed by atoms with van der Waals surface area (Å²) in [7, 11) is 0. The summed E-state index contributed by atoms with van der Waals surface area (Å²) in [6.07, 6.45) is 2.34. The van der Waals surface area contributed by atoms with Crippen LogP contribution in [-0.4, -0.2) is 0 Å². The maximum Gasteiger partial charge on any atom is 0.0408 e. The van der Waals surface area contributed by atoms with Crippen LogP contribution in [0.1, 0.15) is 49.7 Å². The molecular formula is C18H21ClS. The Hall–Kier alpha value is -0.920. The first kappa shape index (κ1) is 15.5. The summed E-state index contributed by atoms with van der Waals surface area (Å²) in [4.78, 5) is 1.04. The first-order chi connectivity index (χ1) is 9.56. The highest BCUT2D eigenvalue weighted by molar-refractivity contribution is 7.80. The van der Waals surface area contributed by atoms with Gasteiger partial charge in [0, 0.05) is 9.92 Å². The molecule has 2 heteroatoms. The second-order valence-corrected chi connectivity index (χ2v) is 6.48. The van der Waals surface area contributed by atoms with Gasteiger partial charge in [-0.25, -0.2) is 0 Å². The molecule has 20 heavy (non-hydrogen) atoms. The molecule has 2 atom stereocenters. The molecule has 0 amide bonds. The fraction of sp³-hybridized carbons (Fsp3) is 0.333. The van der Waals surface area contributed by atoms with Crippen LogP contribution in [0.3, 0.4) is 0 Å². The van der Waals surface area contributed by atoms with E-state index >= 15 is 0 Å². The van der Waals surface area contributed by atoms with Crippen LogP contribution in [-0.2, 0) is 0 Å². The molecule has 0 nitrogen and oxygen atoms in total. The monoisotopic (exact) mass is 304 g/mol. The molecule has 106 valence electrons. The molecule has 0 aliphatic rings. The third kappa shape index (κ3) is 4.29. The van der Waals surface area contributed by atoms with Crippen molar-refractivity contribution in [1.82, 2.24) is 0 Å². The first-order valence-electron chi connectivity index (χ1n) is 7.10. The molecule has 0 fully saturated rings. The maximum atomic E-state index is 6.06. The number of hydrogen-bond donors (Lipinski definition) is 1. The van der Waals surface area contributed by atoms with Crippen molar-refractivity contribution in [3.05, 3.63) is 64.7 Å². The van der Waals surface area contributed by atoms with Crippen LogP contribution in [0.25, 0.3) is 0 Å².